The number of rotatable bonds is 5. The van der Waals surface area contributed by atoms with Gasteiger partial charge in [-0.15, -0.1) is 0 Å². The molecule has 1 amide bonds. The maximum absolute atomic E-state index is 12.3. The number of carbonyl (C=O) groups is 1. The molecule has 0 unspecified atom stereocenters. The van der Waals surface area contributed by atoms with E-state index in [0.717, 1.165) is 6.42 Å². The third kappa shape index (κ3) is 3.62. The molecule has 24 heavy (non-hydrogen) atoms. The Labute approximate surface area is 139 Å². The van der Waals surface area contributed by atoms with Gasteiger partial charge >= 0.3 is 5.91 Å². The number of methoxy groups -OCH3 is 1. The van der Waals surface area contributed by atoms with E-state index >= 15 is 0 Å². The van der Waals surface area contributed by atoms with Crippen molar-refractivity contribution in [2.45, 2.75) is 18.5 Å². The number of carbonyl (C=O) groups excluding carboxylic acids is 1. The van der Waals surface area contributed by atoms with Crippen LogP contribution in [0.1, 0.15) is 22.7 Å². The number of nitriles is 1. The molecule has 1 saturated heterocycles. The minimum Gasteiger partial charge on any atom is -0.432 e. The van der Waals surface area contributed by atoms with Gasteiger partial charge in [0, 0.05) is 31.3 Å². The molecular weight excluding hydrogens is 308 g/mol. The highest BCUT2D eigenvalue weighted by Crippen LogP contribution is 2.21. The zero-order chi connectivity index (χ0) is 16.9. The summed E-state index contributed by atoms with van der Waals surface area (Å²) >= 11 is 0. The summed E-state index contributed by atoms with van der Waals surface area (Å²) in [4.78, 5) is 16.3. The second-order valence-corrected chi connectivity index (χ2v) is 5.69. The van der Waals surface area contributed by atoms with E-state index in [1.807, 2.05) is 0 Å². The smallest absolute Gasteiger partial charge is 0.307 e. The van der Waals surface area contributed by atoms with Gasteiger partial charge in [-0.25, -0.2) is 4.98 Å². The molecule has 1 aliphatic rings. The lowest BCUT2D eigenvalue weighted by molar-refractivity contribution is 0.0904. The fraction of sp³-hybridized carbons (Fsp3) is 0.353. The van der Waals surface area contributed by atoms with Gasteiger partial charge in [-0.05, 0) is 18.6 Å². The van der Waals surface area contributed by atoms with Crippen molar-refractivity contribution in [3.8, 4) is 17.4 Å². The number of aromatic nitrogens is 1. The fourth-order valence-electron chi connectivity index (χ4n) is 2.76. The monoisotopic (exact) mass is 326 g/mol. The average molecular weight is 326 g/mol. The number of oxazole rings is 1. The van der Waals surface area contributed by atoms with Crippen LogP contribution >= 0.6 is 0 Å². The van der Waals surface area contributed by atoms with Crippen molar-refractivity contribution >= 4 is 5.91 Å². The minimum atomic E-state index is -0.345. The van der Waals surface area contributed by atoms with Crippen LogP contribution < -0.4 is 10.6 Å². The molecule has 7 heteroatoms. The lowest BCUT2D eigenvalue weighted by Gasteiger charge is -2.10. The second-order valence-electron chi connectivity index (χ2n) is 5.69. The number of nitrogens with one attached hydrogen (secondary N) is 2. The van der Waals surface area contributed by atoms with E-state index in [2.05, 4.69) is 21.7 Å². The summed E-state index contributed by atoms with van der Waals surface area (Å²) in [5, 5.41) is 15.1. The van der Waals surface area contributed by atoms with Gasteiger partial charge in [0.1, 0.15) is 0 Å². The fourth-order valence-corrected chi connectivity index (χ4v) is 2.76. The quantitative estimate of drug-likeness (QED) is 0.859. The Hall–Kier alpha value is -2.69. The van der Waals surface area contributed by atoms with Gasteiger partial charge < -0.3 is 19.8 Å². The number of amides is 1. The number of hydrogen-bond donors (Lipinski definition) is 2. The topological polar surface area (TPSA) is 100 Å². The molecule has 1 aromatic carbocycles. The standard InChI is InChI=1S/C17H18N4O3/c1-23-10-14-6-13(8-19-14)21-16(22)17-20-9-15(24-17)12-4-2-3-11(5-12)7-18/h2-5,9,13-14,19H,6,8,10H2,1H3,(H,21,22)/t13-,14+/m1/s1. The van der Waals surface area contributed by atoms with Gasteiger partial charge in [0.2, 0.25) is 0 Å². The molecule has 0 radical (unpaired) electrons. The predicted octanol–water partition coefficient (Wildman–Crippen LogP) is 1.32. The third-order valence-electron chi connectivity index (χ3n) is 3.90. The van der Waals surface area contributed by atoms with Gasteiger partial charge in [0.15, 0.2) is 5.76 Å². The first kappa shape index (κ1) is 16.2. The summed E-state index contributed by atoms with van der Waals surface area (Å²) < 4.78 is 10.6. The highest BCUT2D eigenvalue weighted by atomic mass is 16.5. The molecule has 1 fully saturated rings. The number of ether oxygens (including phenoxy) is 1. The summed E-state index contributed by atoms with van der Waals surface area (Å²) in [7, 11) is 1.66. The molecule has 0 bridgehead atoms. The van der Waals surface area contributed by atoms with Crippen molar-refractivity contribution in [1.82, 2.24) is 15.6 Å². The van der Waals surface area contributed by atoms with E-state index in [1.54, 1.807) is 31.4 Å². The first-order valence-electron chi connectivity index (χ1n) is 7.69. The molecule has 0 spiro atoms. The summed E-state index contributed by atoms with van der Waals surface area (Å²) in [5.74, 6) is 0.129. The van der Waals surface area contributed by atoms with Crippen molar-refractivity contribution in [3.63, 3.8) is 0 Å². The summed E-state index contributed by atoms with van der Waals surface area (Å²) in [5.41, 5.74) is 1.24. The highest BCUT2D eigenvalue weighted by molar-refractivity contribution is 5.90. The zero-order valence-corrected chi connectivity index (χ0v) is 13.3. The van der Waals surface area contributed by atoms with E-state index in [0.29, 0.717) is 30.0 Å². The van der Waals surface area contributed by atoms with Crippen LogP contribution in [-0.4, -0.2) is 43.2 Å². The van der Waals surface area contributed by atoms with Crippen molar-refractivity contribution in [1.29, 1.82) is 5.26 Å². The Morgan fingerprint density at radius 3 is 3.25 bits per heavy atom. The van der Waals surface area contributed by atoms with Gasteiger partial charge in [0.25, 0.3) is 5.89 Å². The highest BCUT2D eigenvalue weighted by Gasteiger charge is 2.26. The van der Waals surface area contributed by atoms with Crippen LogP contribution in [0.2, 0.25) is 0 Å². The molecule has 124 valence electrons. The van der Waals surface area contributed by atoms with E-state index in [1.165, 1.54) is 6.20 Å². The van der Waals surface area contributed by atoms with Crippen LogP contribution in [0.4, 0.5) is 0 Å². The van der Waals surface area contributed by atoms with E-state index in [9.17, 15) is 4.79 Å². The van der Waals surface area contributed by atoms with Crippen LogP contribution in [0.15, 0.2) is 34.9 Å². The molecular formula is C17H18N4O3. The van der Waals surface area contributed by atoms with Gasteiger partial charge in [-0.3, -0.25) is 4.79 Å². The van der Waals surface area contributed by atoms with Crippen molar-refractivity contribution in [3.05, 3.63) is 41.9 Å². The lowest BCUT2D eigenvalue weighted by Crippen LogP contribution is -2.36. The Balaban J connectivity index is 1.65. The molecule has 2 heterocycles. The van der Waals surface area contributed by atoms with Gasteiger partial charge in [-0.1, -0.05) is 12.1 Å². The molecule has 2 atom stereocenters. The van der Waals surface area contributed by atoms with Crippen molar-refractivity contribution < 1.29 is 13.9 Å². The van der Waals surface area contributed by atoms with E-state index in [-0.39, 0.29) is 23.9 Å². The zero-order valence-electron chi connectivity index (χ0n) is 13.3. The number of nitrogens with zero attached hydrogens (tertiary/aromatic N) is 2. The molecule has 2 aromatic rings. The SMILES string of the molecule is COC[C@@H]1C[C@@H](NC(=O)c2ncc(-c3cccc(C#N)c3)o2)CN1. The Bertz CT molecular complexity index is 765. The first-order valence-corrected chi connectivity index (χ1v) is 7.69. The second kappa shape index (κ2) is 7.25. The average Bonchev–Trinajstić information content (AvgIpc) is 3.25. The van der Waals surface area contributed by atoms with Crippen LogP contribution in [0.25, 0.3) is 11.3 Å². The molecule has 0 aliphatic carbocycles. The summed E-state index contributed by atoms with van der Waals surface area (Å²) in [6.45, 7) is 1.31. The molecule has 7 nitrogen and oxygen atoms in total. The Kier molecular flexibility index (Phi) is 4.89. The first-order chi connectivity index (χ1) is 11.7. The van der Waals surface area contributed by atoms with E-state index in [4.69, 9.17) is 14.4 Å². The minimum absolute atomic E-state index is 0.0163. The molecule has 3 rings (SSSR count). The third-order valence-corrected chi connectivity index (χ3v) is 3.90. The largest absolute Gasteiger partial charge is 0.432 e. The van der Waals surface area contributed by atoms with Gasteiger partial charge in [-0.2, -0.15) is 5.26 Å². The van der Waals surface area contributed by atoms with E-state index < -0.39 is 0 Å². The van der Waals surface area contributed by atoms with Crippen LogP contribution in [0, 0.1) is 11.3 Å². The molecule has 1 aliphatic heterocycles. The predicted molar refractivity (Wildman–Crippen MR) is 86.2 cm³/mol. The molecule has 1 aromatic heterocycles. The van der Waals surface area contributed by atoms with Crippen molar-refractivity contribution in [2.75, 3.05) is 20.3 Å². The lowest BCUT2D eigenvalue weighted by atomic mass is 10.1. The maximum atomic E-state index is 12.3. The Morgan fingerprint density at radius 2 is 2.46 bits per heavy atom. The molecule has 0 saturated carbocycles. The maximum Gasteiger partial charge on any atom is 0.307 e. The van der Waals surface area contributed by atoms with Crippen LogP contribution in [0.3, 0.4) is 0 Å². The van der Waals surface area contributed by atoms with Crippen molar-refractivity contribution in [2.24, 2.45) is 0 Å². The van der Waals surface area contributed by atoms with Gasteiger partial charge in [0.05, 0.1) is 24.4 Å². The Morgan fingerprint density at radius 1 is 1.58 bits per heavy atom. The number of benzene rings is 1. The van der Waals surface area contributed by atoms with Crippen LogP contribution in [0.5, 0.6) is 0 Å². The summed E-state index contributed by atoms with van der Waals surface area (Å²) in [6, 6.07) is 9.30. The number of hydrogen-bond acceptors (Lipinski definition) is 6. The normalized spacial score (nSPS) is 19.8. The van der Waals surface area contributed by atoms with Crippen LogP contribution in [-0.2, 0) is 4.74 Å². The molecule has 2 N–H and O–H groups in total. The summed E-state index contributed by atoms with van der Waals surface area (Å²) in [6.07, 6.45) is 2.30.